The van der Waals surface area contributed by atoms with Crippen molar-refractivity contribution in [2.45, 2.75) is 45.3 Å². The van der Waals surface area contributed by atoms with Crippen LogP contribution in [0.25, 0.3) is 0 Å². The lowest BCUT2D eigenvalue weighted by Gasteiger charge is -2.18. The number of aliphatic hydroxyl groups is 1. The molecule has 0 heterocycles. The van der Waals surface area contributed by atoms with E-state index in [1.807, 2.05) is 19.1 Å². The first kappa shape index (κ1) is 15.0. The van der Waals surface area contributed by atoms with Crippen LogP contribution in [0.1, 0.15) is 44.7 Å². The first-order chi connectivity index (χ1) is 8.71. The average molecular weight is 251 g/mol. The van der Waals surface area contributed by atoms with Gasteiger partial charge in [0.1, 0.15) is 5.75 Å². The van der Waals surface area contributed by atoms with Crippen molar-refractivity contribution >= 4 is 0 Å². The first-order valence-electron chi connectivity index (χ1n) is 6.76. The van der Waals surface area contributed by atoms with Gasteiger partial charge in [0.15, 0.2) is 0 Å². The van der Waals surface area contributed by atoms with Gasteiger partial charge in [-0.25, -0.2) is 0 Å². The van der Waals surface area contributed by atoms with Gasteiger partial charge in [0.05, 0.1) is 13.2 Å². The van der Waals surface area contributed by atoms with Gasteiger partial charge in [0, 0.05) is 6.04 Å². The zero-order valence-corrected chi connectivity index (χ0v) is 11.6. The van der Waals surface area contributed by atoms with Gasteiger partial charge in [-0.05, 0) is 43.5 Å². The number of hydrogen-bond donors (Lipinski definition) is 2. The summed E-state index contributed by atoms with van der Waals surface area (Å²) in [5.41, 5.74) is 1.27. The van der Waals surface area contributed by atoms with Gasteiger partial charge in [-0.2, -0.15) is 0 Å². The van der Waals surface area contributed by atoms with E-state index >= 15 is 0 Å². The SMILES string of the molecule is CCC(O)CCNC(CC)c1ccc(OC)cc1. The van der Waals surface area contributed by atoms with Crippen molar-refractivity contribution in [2.24, 2.45) is 0 Å². The van der Waals surface area contributed by atoms with Crippen LogP contribution in [0.5, 0.6) is 5.75 Å². The molecule has 0 saturated carbocycles. The molecule has 0 aromatic heterocycles. The summed E-state index contributed by atoms with van der Waals surface area (Å²) in [6, 6.07) is 8.51. The van der Waals surface area contributed by atoms with E-state index in [0.29, 0.717) is 6.04 Å². The molecule has 2 atom stereocenters. The second kappa shape index (κ2) is 8.11. The molecular weight excluding hydrogens is 226 g/mol. The Kier molecular flexibility index (Phi) is 6.76. The molecule has 0 aliphatic rings. The Morgan fingerprint density at radius 2 is 1.83 bits per heavy atom. The van der Waals surface area contributed by atoms with Gasteiger partial charge < -0.3 is 15.2 Å². The van der Waals surface area contributed by atoms with Crippen LogP contribution >= 0.6 is 0 Å². The highest BCUT2D eigenvalue weighted by Crippen LogP contribution is 2.20. The van der Waals surface area contributed by atoms with E-state index in [2.05, 4.69) is 24.4 Å². The topological polar surface area (TPSA) is 41.5 Å². The predicted molar refractivity (Wildman–Crippen MR) is 74.9 cm³/mol. The lowest BCUT2D eigenvalue weighted by atomic mass is 10.0. The van der Waals surface area contributed by atoms with E-state index in [1.54, 1.807) is 7.11 Å². The summed E-state index contributed by atoms with van der Waals surface area (Å²) in [6.45, 7) is 5.02. The summed E-state index contributed by atoms with van der Waals surface area (Å²) >= 11 is 0. The van der Waals surface area contributed by atoms with Crippen LogP contribution in [-0.2, 0) is 0 Å². The second-order valence-electron chi connectivity index (χ2n) is 4.54. The van der Waals surface area contributed by atoms with Crippen molar-refractivity contribution in [1.82, 2.24) is 5.32 Å². The maximum Gasteiger partial charge on any atom is 0.118 e. The van der Waals surface area contributed by atoms with Crippen molar-refractivity contribution in [1.29, 1.82) is 0 Å². The van der Waals surface area contributed by atoms with Crippen LogP contribution in [-0.4, -0.2) is 24.9 Å². The molecule has 2 N–H and O–H groups in total. The molecule has 0 saturated heterocycles. The number of ether oxygens (including phenoxy) is 1. The summed E-state index contributed by atoms with van der Waals surface area (Å²) in [6.07, 6.45) is 2.48. The molecule has 0 bridgehead atoms. The van der Waals surface area contributed by atoms with Crippen LogP contribution in [0, 0.1) is 0 Å². The van der Waals surface area contributed by atoms with Crippen LogP contribution in [0.15, 0.2) is 24.3 Å². The third-order valence-electron chi connectivity index (χ3n) is 3.27. The molecule has 2 unspecified atom stereocenters. The van der Waals surface area contributed by atoms with Gasteiger partial charge >= 0.3 is 0 Å². The summed E-state index contributed by atoms with van der Waals surface area (Å²) in [5.74, 6) is 0.884. The summed E-state index contributed by atoms with van der Waals surface area (Å²) in [4.78, 5) is 0. The number of methoxy groups -OCH3 is 1. The van der Waals surface area contributed by atoms with Gasteiger partial charge in [-0.15, -0.1) is 0 Å². The minimum Gasteiger partial charge on any atom is -0.497 e. The molecule has 3 nitrogen and oxygen atoms in total. The Morgan fingerprint density at radius 3 is 2.33 bits per heavy atom. The highest BCUT2D eigenvalue weighted by molar-refractivity contribution is 5.29. The predicted octanol–water partition coefficient (Wildman–Crippen LogP) is 2.90. The standard InChI is InChI=1S/C15H25NO2/c1-4-13(17)10-11-16-15(5-2)12-6-8-14(18-3)9-7-12/h6-9,13,15-17H,4-5,10-11H2,1-3H3. The lowest BCUT2D eigenvalue weighted by molar-refractivity contribution is 0.158. The lowest BCUT2D eigenvalue weighted by Crippen LogP contribution is -2.24. The normalized spacial score (nSPS) is 14.2. The Balaban J connectivity index is 2.49. The molecule has 0 fully saturated rings. The molecule has 3 heteroatoms. The molecule has 0 aliphatic heterocycles. The molecule has 1 aromatic rings. The van der Waals surface area contributed by atoms with Gasteiger partial charge in [0.2, 0.25) is 0 Å². The smallest absolute Gasteiger partial charge is 0.118 e. The summed E-state index contributed by atoms with van der Waals surface area (Å²) < 4.78 is 5.16. The maximum atomic E-state index is 9.53. The highest BCUT2D eigenvalue weighted by atomic mass is 16.5. The van der Waals surface area contributed by atoms with Gasteiger partial charge in [-0.1, -0.05) is 26.0 Å². The molecule has 18 heavy (non-hydrogen) atoms. The van der Waals surface area contributed by atoms with E-state index in [0.717, 1.165) is 31.6 Å². The van der Waals surface area contributed by atoms with Crippen LogP contribution < -0.4 is 10.1 Å². The number of aliphatic hydroxyl groups excluding tert-OH is 1. The van der Waals surface area contributed by atoms with Crippen molar-refractivity contribution in [3.05, 3.63) is 29.8 Å². The second-order valence-corrected chi connectivity index (χ2v) is 4.54. The maximum absolute atomic E-state index is 9.53. The fourth-order valence-corrected chi connectivity index (χ4v) is 1.96. The zero-order chi connectivity index (χ0) is 13.4. The van der Waals surface area contributed by atoms with Gasteiger partial charge in [0.25, 0.3) is 0 Å². The van der Waals surface area contributed by atoms with Crippen molar-refractivity contribution < 1.29 is 9.84 Å². The fourth-order valence-electron chi connectivity index (χ4n) is 1.96. The number of rotatable bonds is 8. The van der Waals surface area contributed by atoms with E-state index in [4.69, 9.17) is 4.74 Å². The molecule has 102 valence electrons. The summed E-state index contributed by atoms with van der Waals surface area (Å²) in [5, 5.41) is 13.0. The third kappa shape index (κ3) is 4.67. The molecule has 0 radical (unpaired) electrons. The first-order valence-corrected chi connectivity index (χ1v) is 6.76. The van der Waals surface area contributed by atoms with Crippen LogP contribution in [0.3, 0.4) is 0 Å². The third-order valence-corrected chi connectivity index (χ3v) is 3.27. The van der Waals surface area contributed by atoms with E-state index in [9.17, 15) is 5.11 Å². The van der Waals surface area contributed by atoms with Crippen molar-refractivity contribution in [2.75, 3.05) is 13.7 Å². The Labute approximate surface area is 110 Å². The minimum absolute atomic E-state index is 0.189. The molecule has 1 rings (SSSR count). The minimum atomic E-state index is -0.189. The van der Waals surface area contributed by atoms with Crippen LogP contribution in [0.2, 0.25) is 0 Å². The summed E-state index contributed by atoms with van der Waals surface area (Å²) in [7, 11) is 1.68. The Bertz CT molecular complexity index is 324. The molecule has 0 amide bonds. The monoisotopic (exact) mass is 251 g/mol. The van der Waals surface area contributed by atoms with Crippen molar-refractivity contribution in [3.8, 4) is 5.75 Å². The largest absolute Gasteiger partial charge is 0.497 e. The zero-order valence-electron chi connectivity index (χ0n) is 11.6. The molecule has 1 aromatic carbocycles. The fraction of sp³-hybridized carbons (Fsp3) is 0.600. The van der Waals surface area contributed by atoms with E-state index in [1.165, 1.54) is 5.56 Å². The molecule has 0 aliphatic carbocycles. The number of nitrogens with one attached hydrogen (secondary N) is 1. The van der Waals surface area contributed by atoms with Crippen LogP contribution in [0.4, 0.5) is 0 Å². The quantitative estimate of drug-likeness (QED) is 0.746. The van der Waals surface area contributed by atoms with Crippen molar-refractivity contribution in [3.63, 3.8) is 0 Å². The number of benzene rings is 1. The number of hydrogen-bond acceptors (Lipinski definition) is 3. The van der Waals surface area contributed by atoms with E-state index < -0.39 is 0 Å². The average Bonchev–Trinajstić information content (AvgIpc) is 2.43. The Hall–Kier alpha value is -1.06. The Morgan fingerprint density at radius 1 is 1.17 bits per heavy atom. The van der Waals surface area contributed by atoms with Gasteiger partial charge in [-0.3, -0.25) is 0 Å². The molecule has 0 spiro atoms. The molecular formula is C15H25NO2. The van der Waals surface area contributed by atoms with E-state index in [-0.39, 0.29) is 6.10 Å². The highest BCUT2D eigenvalue weighted by Gasteiger charge is 2.09.